The number of benzene rings is 1. The van der Waals surface area contributed by atoms with Gasteiger partial charge in [0.25, 0.3) is 0 Å². The highest BCUT2D eigenvalue weighted by atomic mass is 32.2. The summed E-state index contributed by atoms with van der Waals surface area (Å²) in [5, 5.41) is 8.75. The molecule has 1 aromatic carbocycles. The summed E-state index contributed by atoms with van der Waals surface area (Å²) in [5.41, 5.74) is -0.259. The number of rotatable bonds is 3. The molecule has 0 spiro atoms. The monoisotopic (exact) mass is 296 g/mol. The number of halogens is 1. The van der Waals surface area contributed by atoms with Crippen molar-refractivity contribution in [3.8, 4) is 6.07 Å². The quantitative estimate of drug-likeness (QED) is 0.932. The first-order valence-electron chi connectivity index (χ1n) is 6.64. The lowest BCUT2D eigenvalue weighted by molar-refractivity contribution is 0.332. The van der Waals surface area contributed by atoms with Gasteiger partial charge in [-0.2, -0.15) is 5.26 Å². The van der Waals surface area contributed by atoms with Crippen LogP contribution in [-0.4, -0.2) is 14.5 Å². The highest BCUT2D eigenvalue weighted by molar-refractivity contribution is 7.89. The Morgan fingerprint density at radius 3 is 2.55 bits per heavy atom. The molecule has 108 valence electrons. The van der Waals surface area contributed by atoms with Crippen molar-refractivity contribution >= 4 is 10.0 Å². The maximum Gasteiger partial charge on any atom is 0.240 e. The van der Waals surface area contributed by atoms with E-state index in [0.717, 1.165) is 37.8 Å². The van der Waals surface area contributed by atoms with Gasteiger partial charge in [-0.3, -0.25) is 0 Å². The predicted octanol–water partition coefficient (Wildman–Crippen LogP) is 2.55. The predicted molar refractivity (Wildman–Crippen MR) is 72.9 cm³/mol. The van der Waals surface area contributed by atoms with Gasteiger partial charge in [-0.15, -0.1) is 0 Å². The zero-order chi connectivity index (χ0) is 14.8. The van der Waals surface area contributed by atoms with Gasteiger partial charge in [-0.1, -0.05) is 6.92 Å². The molecule has 0 atom stereocenters. The molecule has 1 N–H and O–H groups in total. The van der Waals surface area contributed by atoms with E-state index >= 15 is 0 Å². The van der Waals surface area contributed by atoms with Crippen LogP contribution in [-0.2, 0) is 10.0 Å². The standard InChI is InChI=1S/C14H17FN2O2S/c1-10-2-4-12(5-3-10)17-20(18,19)13-6-7-14(15)11(8-13)9-16/h6-8,10,12,17H,2-5H2,1H3. The molecule has 0 heterocycles. The van der Waals surface area contributed by atoms with E-state index in [0.29, 0.717) is 5.92 Å². The Labute approximate surface area is 118 Å². The lowest BCUT2D eigenvalue weighted by atomic mass is 9.88. The maximum absolute atomic E-state index is 13.2. The van der Waals surface area contributed by atoms with E-state index in [1.165, 1.54) is 6.07 Å². The third-order valence-electron chi connectivity index (χ3n) is 3.71. The van der Waals surface area contributed by atoms with Crippen molar-refractivity contribution in [3.05, 3.63) is 29.6 Å². The number of hydrogen-bond donors (Lipinski definition) is 1. The fourth-order valence-corrected chi connectivity index (χ4v) is 3.75. The van der Waals surface area contributed by atoms with Crippen LogP contribution in [0.5, 0.6) is 0 Å². The largest absolute Gasteiger partial charge is 0.240 e. The van der Waals surface area contributed by atoms with E-state index in [2.05, 4.69) is 11.6 Å². The van der Waals surface area contributed by atoms with Gasteiger partial charge in [-0.25, -0.2) is 17.5 Å². The molecule has 1 aliphatic carbocycles. The summed E-state index contributed by atoms with van der Waals surface area (Å²) < 4.78 is 40.3. The van der Waals surface area contributed by atoms with Gasteiger partial charge in [-0.05, 0) is 49.8 Å². The topological polar surface area (TPSA) is 70.0 Å². The van der Waals surface area contributed by atoms with E-state index < -0.39 is 15.8 Å². The molecule has 0 unspecified atom stereocenters. The van der Waals surface area contributed by atoms with Crippen molar-refractivity contribution in [1.82, 2.24) is 4.72 Å². The second-order valence-electron chi connectivity index (χ2n) is 5.33. The molecule has 2 rings (SSSR count). The van der Waals surface area contributed by atoms with Crippen molar-refractivity contribution in [2.75, 3.05) is 0 Å². The number of hydrogen-bond acceptors (Lipinski definition) is 3. The van der Waals surface area contributed by atoms with E-state index in [1.807, 2.05) is 0 Å². The summed E-state index contributed by atoms with van der Waals surface area (Å²) >= 11 is 0. The van der Waals surface area contributed by atoms with Crippen LogP contribution in [0.15, 0.2) is 23.1 Å². The molecular formula is C14H17FN2O2S. The summed E-state index contributed by atoms with van der Waals surface area (Å²) in [5.74, 6) is -0.0790. The van der Waals surface area contributed by atoms with Gasteiger partial charge >= 0.3 is 0 Å². The van der Waals surface area contributed by atoms with E-state index in [-0.39, 0.29) is 16.5 Å². The molecule has 0 aliphatic heterocycles. The lowest BCUT2D eigenvalue weighted by Crippen LogP contribution is -2.37. The average molecular weight is 296 g/mol. The number of nitriles is 1. The van der Waals surface area contributed by atoms with Crippen LogP contribution in [0.3, 0.4) is 0 Å². The van der Waals surface area contributed by atoms with Gasteiger partial charge in [0.15, 0.2) is 0 Å². The Morgan fingerprint density at radius 2 is 1.95 bits per heavy atom. The van der Waals surface area contributed by atoms with E-state index in [4.69, 9.17) is 5.26 Å². The molecular weight excluding hydrogens is 279 g/mol. The molecule has 1 aromatic rings. The Kier molecular flexibility index (Phi) is 4.41. The van der Waals surface area contributed by atoms with Crippen LogP contribution in [0, 0.1) is 23.1 Å². The zero-order valence-electron chi connectivity index (χ0n) is 11.3. The second-order valence-corrected chi connectivity index (χ2v) is 7.05. The second kappa shape index (κ2) is 5.90. The van der Waals surface area contributed by atoms with E-state index in [1.54, 1.807) is 6.07 Å². The summed E-state index contributed by atoms with van der Waals surface area (Å²) in [6, 6.07) is 4.84. The minimum Gasteiger partial charge on any atom is -0.208 e. The van der Waals surface area contributed by atoms with Crippen molar-refractivity contribution in [1.29, 1.82) is 5.26 Å². The summed E-state index contributed by atoms with van der Waals surface area (Å²) in [6.07, 6.45) is 3.62. The number of nitrogens with zero attached hydrogens (tertiary/aromatic N) is 1. The van der Waals surface area contributed by atoms with Crippen LogP contribution in [0.25, 0.3) is 0 Å². The van der Waals surface area contributed by atoms with Gasteiger partial charge < -0.3 is 0 Å². The molecule has 1 aliphatic rings. The molecule has 20 heavy (non-hydrogen) atoms. The van der Waals surface area contributed by atoms with Crippen LogP contribution in [0.1, 0.15) is 38.2 Å². The molecule has 6 heteroatoms. The molecule has 0 saturated heterocycles. The summed E-state index contributed by atoms with van der Waals surface area (Å²) in [7, 11) is -3.69. The first kappa shape index (κ1) is 14.9. The third kappa shape index (κ3) is 3.35. The SMILES string of the molecule is CC1CCC(NS(=O)(=O)c2ccc(F)c(C#N)c2)CC1. The van der Waals surface area contributed by atoms with Crippen molar-refractivity contribution in [2.45, 2.75) is 43.5 Å². The average Bonchev–Trinajstić information content (AvgIpc) is 2.41. The van der Waals surface area contributed by atoms with Crippen LogP contribution in [0.4, 0.5) is 4.39 Å². The first-order valence-corrected chi connectivity index (χ1v) is 8.12. The number of nitrogens with one attached hydrogen (secondary N) is 1. The normalized spacial score (nSPS) is 23.2. The molecule has 1 saturated carbocycles. The molecule has 0 aromatic heterocycles. The van der Waals surface area contributed by atoms with E-state index in [9.17, 15) is 12.8 Å². The highest BCUT2D eigenvalue weighted by Gasteiger charge is 2.24. The minimum absolute atomic E-state index is 0.0610. The summed E-state index contributed by atoms with van der Waals surface area (Å²) in [6.45, 7) is 2.16. The van der Waals surface area contributed by atoms with Crippen LogP contribution >= 0.6 is 0 Å². The molecule has 0 amide bonds. The van der Waals surface area contributed by atoms with Gasteiger partial charge in [0, 0.05) is 6.04 Å². The van der Waals surface area contributed by atoms with Gasteiger partial charge in [0.1, 0.15) is 11.9 Å². The van der Waals surface area contributed by atoms with Gasteiger partial charge in [0.2, 0.25) is 10.0 Å². The molecule has 0 bridgehead atoms. The first-order chi connectivity index (χ1) is 9.42. The maximum atomic E-state index is 13.2. The Morgan fingerprint density at radius 1 is 1.30 bits per heavy atom. The number of sulfonamides is 1. The Balaban J connectivity index is 2.16. The van der Waals surface area contributed by atoms with Crippen LogP contribution < -0.4 is 4.72 Å². The fourth-order valence-electron chi connectivity index (χ4n) is 2.42. The fraction of sp³-hybridized carbons (Fsp3) is 0.500. The third-order valence-corrected chi connectivity index (χ3v) is 5.22. The molecule has 1 fully saturated rings. The lowest BCUT2D eigenvalue weighted by Gasteiger charge is -2.26. The smallest absolute Gasteiger partial charge is 0.208 e. The van der Waals surface area contributed by atoms with Crippen molar-refractivity contribution in [2.24, 2.45) is 5.92 Å². The van der Waals surface area contributed by atoms with Crippen molar-refractivity contribution in [3.63, 3.8) is 0 Å². The van der Waals surface area contributed by atoms with Crippen LogP contribution in [0.2, 0.25) is 0 Å². The zero-order valence-corrected chi connectivity index (χ0v) is 12.1. The highest BCUT2D eigenvalue weighted by Crippen LogP contribution is 2.25. The van der Waals surface area contributed by atoms with Crippen molar-refractivity contribution < 1.29 is 12.8 Å². The molecule has 4 nitrogen and oxygen atoms in total. The Hall–Kier alpha value is -1.45. The molecule has 0 radical (unpaired) electrons. The summed E-state index contributed by atoms with van der Waals surface area (Å²) in [4.78, 5) is -0.0610. The van der Waals surface area contributed by atoms with Gasteiger partial charge in [0.05, 0.1) is 10.5 Å². The minimum atomic E-state index is -3.69. The Bertz CT molecular complexity index is 629.